The second-order valence-corrected chi connectivity index (χ2v) is 6.20. The molecule has 2 aromatic rings. The zero-order valence-electron chi connectivity index (χ0n) is 8.81. The molecular weight excluding hydrogens is 330 g/mol. The van der Waals surface area contributed by atoms with Crippen LogP contribution in [0.25, 0.3) is 0 Å². The molecule has 17 heavy (non-hydrogen) atoms. The predicted molar refractivity (Wildman–Crippen MR) is 70.8 cm³/mol. The molecule has 2 rings (SSSR count). The molecule has 1 unspecified atom stereocenters. The highest BCUT2D eigenvalue weighted by atomic mass is 79.9. The van der Waals surface area contributed by atoms with Gasteiger partial charge in [0, 0.05) is 20.3 Å². The minimum Gasteiger partial charge on any atom is -0.207 e. The Bertz CT molecular complexity index is 514. The first-order valence-corrected chi connectivity index (χ1v) is 6.88. The van der Waals surface area contributed by atoms with E-state index in [1.165, 1.54) is 23.5 Å². The Hall–Kier alpha value is -0.450. The van der Waals surface area contributed by atoms with E-state index in [9.17, 15) is 8.78 Å². The van der Waals surface area contributed by atoms with Gasteiger partial charge in [-0.15, -0.1) is 22.9 Å². The molecule has 1 atom stereocenters. The molecule has 0 spiro atoms. The van der Waals surface area contributed by atoms with Gasteiger partial charge in [0.1, 0.15) is 11.6 Å². The lowest BCUT2D eigenvalue weighted by atomic mass is 10.1. The molecule has 0 aliphatic rings. The van der Waals surface area contributed by atoms with Crippen LogP contribution in [0.1, 0.15) is 20.7 Å². The lowest BCUT2D eigenvalue weighted by molar-refractivity contribution is 0.580. The Kier molecular flexibility index (Phi) is 3.85. The van der Waals surface area contributed by atoms with Crippen LogP contribution >= 0.6 is 38.9 Å². The SMILES string of the molecule is Cc1sc(C(Cl)c2cc(F)cc(F)c2)cc1Br. The number of benzene rings is 1. The lowest BCUT2D eigenvalue weighted by Crippen LogP contribution is -1.93. The highest BCUT2D eigenvalue weighted by molar-refractivity contribution is 9.10. The van der Waals surface area contributed by atoms with Crippen LogP contribution in [0.4, 0.5) is 8.78 Å². The molecule has 0 fully saturated rings. The molecule has 0 bridgehead atoms. The van der Waals surface area contributed by atoms with Gasteiger partial charge in [-0.1, -0.05) is 0 Å². The Morgan fingerprint density at radius 3 is 2.24 bits per heavy atom. The van der Waals surface area contributed by atoms with Gasteiger partial charge in [0.15, 0.2) is 0 Å². The fourth-order valence-corrected chi connectivity index (χ4v) is 3.38. The van der Waals surface area contributed by atoms with E-state index in [4.69, 9.17) is 11.6 Å². The number of hydrogen-bond donors (Lipinski definition) is 0. The van der Waals surface area contributed by atoms with Crippen molar-refractivity contribution in [2.75, 3.05) is 0 Å². The van der Waals surface area contributed by atoms with Crippen LogP contribution in [0, 0.1) is 18.6 Å². The maximum Gasteiger partial charge on any atom is 0.126 e. The summed E-state index contributed by atoms with van der Waals surface area (Å²) in [4.78, 5) is 1.95. The van der Waals surface area contributed by atoms with Gasteiger partial charge in [0.25, 0.3) is 0 Å². The number of alkyl halides is 1. The van der Waals surface area contributed by atoms with E-state index in [0.717, 1.165) is 20.3 Å². The van der Waals surface area contributed by atoms with Gasteiger partial charge in [-0.2, -0.15) is 0 Å². The van der Waals surface area contributed by atoms with E-state index in [-0.39, 0.29) is 0 Å². The molecular formula is C12H8BrClF2S. The molecule has 1 aromatic heterocycles. The van der Waals surface area contributed by atoms with Gasteiger partial charge >= 0.3 is 0 Å². The van der Waals surface area contributed by atoms with Crippen molar-refractivity contribution >= 4 is 38.9 Å². The molecule has 0 aliphatic heterocycles. The van der Waals surface area contributed by atoms with Crippen LogP contribution in [0.3, 0.4) is 0 Å². The van der Waals surface area contributed by atoms with Gasteiger partial charge in [0.2, 0.25) is 0 Å². The van der Waals surface area contributed by atoms with Crippen molar-refractivity contribution in [1.82, 2.24) is 0 Å². The topological polar surface area (TPSA) is 0 Å². The Balaban J connectivity index is 2.39. The first kappa shape index (κ1) is 13.0. The second-order valence-electron chi connectivity index (χ2n) is 3.62. The molecule has 0 N–H and O–H groups in total. The van der Waals surface area contributed by atoms with E-state index in [0.29, 0.717) is 5.56 Å². The minimum absolute atomic E-state index is 0.429. The number of rotatable bonds is 2. The van der Waals surface area contributed by atoms with Gasteiger partial charge < -0.3 is 0 Å². The third-order valence-corrected chi connectivity index (χ3v) is 5.12. The zero-order valence-corrected chi connectivity index (χ0v) is 12.0. The summed E-state index contributed by atoms with van der Waals surface area (Å²) in [6.07, 6.45) is 0. The molecule has 1 heterocycles. The minimum atomic E-state index is -0.613. The number of thiophene rings is 1. The molecule has 0 saturated carbocycles. The largest absolute Gasteiger partial charge is 0.207 e. The summed E-state index contributed by atoms with van der Waals surface area (Å²) >= 11 is 11.1. The molecule has 0 amide bonds. The van der Waals surface area contributed by atoms with Crippen LogP contribution < -0.4 is 0 Å². The number of hydrogen-bond acceptors (Lipinski definition) is 1. The van der Waals surface area contributed by atoms with Crippen LogP contribution in [0.5, 0.6) is 0 Å². The summed E-state index contributed by atoms with van der Waals surface area (Å²) in [6.45, 7) is 1.95. The first-order chi connectivity index (χ1) is 7.97. The first-order valence-electron chi connectivity index (χ1n) is 4.83. The number of aryl methyl sites for hydroxylation is 1. The van der Waals surface area contributed by atoms with Crippen molar-refractivity contribution in [2.45, 2.75) is 12.3 Å². The molecule has 0 saturated heterocycles. The summed E-state index contributed by atoms with van der Waals surface area (Å²) in [5.41, 5.74) is 0.429. The van der Waals surface area contributed by atoms with E-state index in [2.05, 4.69) is 15.9 Å². The summed E-state index contributed by atoms with van der Waals surface area (Å²) in [5, 5.41) is -0.532. The Morgan fingerprint density at radius 1 is 1.18 bits per heavy atom. The zero-order chi connectivity index (χ0) is 12.6. The van der Waals surface area contributed by atoms with E-state index >= 15 is 0 Å². The standard InChI is InChI=1S/C12H8BrClF2S/c1-6-10(13)5-11(17-6)12(14)7-2-8(15)4-9(16)3-7/h2-5,12H,1H3. The van der Waals surface area contributed by atoms with Crippen molar-refractivity contribution in [2.24, 2.45) is 0 Å². The summed E-state index contributed by atoms with van der Waals surface area (Å²) in [6, 6.07) is 5.22. The van der Waals surface area contributed by atoms with Crippen molar-refractivity contribution in [3.8, 4) is 0 Å². The highest BCUT2D eigenvalue weighted by Crippen LogP contribution is 2.37. The average Bonchev–Trinajstić information content (AvgIpc) is 2.57. The number of halogens is 4. The molecule has 90 valence electrons. The summed E-state index contributed by atoms with van der Waals surface area (Å²) in [5.74, 6) is -1.23. The quantitative estimate of drug-likeness (QED) is 0.641. The van der Waals surface area contributed by atoms with Crippen molar-refractivity contribution in [1.29, 1.82) is 0 Å². The third kappa shape index (κ3) is 2.87. The van der Waals surface area contributed by atoms with Crippen molar-refractivity contribution in [3.63, 3.8) is 0 Å². The van der Waals surface area contributed by atoms with Crippen LogP contribution in [0.15, 0.2) is 28.7 Å². The van der Waals surface area contributed by atoms with Gasteiger partial charge in [-0.05, 0) is 46.6 Å². The Morgan fingerprint density at radius 2 is 1.76 bits per heavy atom. The third-order valence-electron chi connectivity index (χ3n) is 2.30. The summed E-state index contributed by atoms with van der Waals surface area (Å²) < 4.78 is 27.1. The monoisotopic (exact) mass is 336 g/mol. The fraction of sp³-hybridized carbons (Fsp3) is 0.167. The average molecular weight is 338 g/mol. The summed E-state index contributed by atoms with van der Waals surface area (Å²) in [7, 11) is 0. The van der Waals surface area contributed by atoms with Gasteiger partial charge in [-0.3, -0.25) is 0 Å². The molecule has 5 heteroatoms. The molecule has 1 aromatic carbocycles. The molecule has 0 nitrogen and oxygen atoms in total. The van der Waals surface area contributed by atoms with Gasteiger partial charge in [0.05, 0.1) is 5.38 Å². The van der Waals surface area contributed by atoms with Crippen LogP contribution in [-0.2, 0) is 0 Å². The second kappa shape index (κ2) is 5.04. The molecule has 0 radical (unpaired) electrons. The van der Waals surface area contributed by atoms with Crippen molar-refractivity contribution in [3.05, 3.63) is 55.7 Å². The maximum atomic E-state index is 13.1. The normalized spacial score (nSPS) is 12.8. The van der Waals surface area contributed by atoms with Crippen LogP contribution in [0.2, 0.25) is 0 Å². The lowest BCUT2D eigenvalue weighted by Gasteiger charge is -2.07. The van der Waals surface area contributed by atoms with Gasteiger partial charge in [-0.25, -0.2) is 8.78 Å². The maximum absolute atomic E-state index is 13.1. The fourth-order valence-electron chi connectivity index (χ4n) is 1.49. The molecule has 0 aliphatic carbocycles. The predicted octanol–water partition coefficient (Wildman–Crippen LogP) is 5.43. The Labute approximate surface area is 115 Å². The van der Waals surface area contributed by atoms with E-state index in [1.54, 1.807) is 0 Å². The van der Waals surface area contributed by atoms with Crippen LogP contribution in [-0.4, -0.2) is 0 Å². The van der Waals surface area contributed by atoms with E-state index < -0.39 is 17.0 Å². The highest BCUT2D eigenvalue weighted by Gasteiger charge is 2.16. The smallest absolute Gasteiger partial charge is 0.126 e. The van der Waals surface area contributed by atoms with Crippen molar-refractivity contribution < 1.29 is 8.78 Å². The van der Waals surface area contributed by atoms with E-state index in [1.807, 2.05) is 13.0 Å².